The fourth-order valence-corrected chi connectivity index (χ4v) is 1.95. The molecule has 0 aliphatic heterocycles. The second-order valence-corrected chi connectivity index (χ2v) is 3.37. The lowest BCUT2D eigenvalue weighted by atomic mass is 10.0. The molecule has 2 N–H and O–H groups in total. The minimum atomic E-state index is -2.40. The molecule has 0 aromatic heterocycles. The molecule has 1 aromatic carbocycles. The molecule has 0 amide bonds. The summed E-state index contributed by atoms with van der Waals surface area (Å²) in [4.78, 5) is 0. The third-order valence-electron chi connectivity index (χ3n) is 2.56. The Balaban J connectivity index is 2.53. The number of alkyl halides is 2. The molecule has 70 valence electrons. The summed E-state index contributed by atoms with van der Waals surface area (Å²) < 4.78 is 25.1. The largest absolute Gasteiger partial charge is 0.324 e. The van der Waals surface area contributed by atoms with E-state index in [0.29, 0.717) is 5.56 Å². The highest BCUT2D eigenvalue weighted by molar-refractivity contribution is 5.41. The highest BCUT2D eigenvalue weighted by atomic mass is 19.3. The van der Waals surface area contributed by atoms with Gasteiger partial charge in [0.05, 0.1) is 0 Å². The van der Waals surface area contributed by atoms with Gasteiger partial charge >= 0.3 is 0 Å². The van der Waals surface area contributed by atoms with Crippen LogP contribution in [0, 0.1) is 0 Å². The maximum atomic E-state index is 12.5. The highest BCUT2D eigenvalue weighted by Crippen LogP contribution is 2.36. The van der Waals surface area contributed by atoms with Gasteiger partial charge in [-0.25, -0.2) is 8.78 Å². The second kappa shape index (κ2) is 3.07. The molecule has 0 radical (unpaired) electrons. The Morgan fingerprint density at radius 3 is 2.85 bits per heavy atom. The molecule has 1 aliphatic carbocycles. The highest BCUT2D eigenvalue weighted by Gasteiger charge is 2.25. The summed E-state index contributed by atoms with van der Waals surface area (Å²) in [6, 6.07) is 4.83. The second-order valence-electron chi connectivity index (χ2n) is 3.37. The molecule has 1 atom stereocenters. The lowest BCUT2D eigenvalue weighted by Crippen LogP contribution is -2.08. The van der Waals surface area contributed by atoms with Crippen LogP contribution in [0.2, 0.25) is 0 Å². The Labute approximate surface area is 75.6 Å². The monoisotopic (exact) mass is 183 g/mol. The van der Waals surface area contributed by atoms with Gasteiger partial charge in [-0.15, -0.1) is 0 Å². The van der Waals surface area contributed by atoms with E-state index in [4.69, 9.17) is 5.73 Å². The van der Waals surface area contributed by atoms with Crippen LogP contribution >= 0.6 is 0 Å². The van der Waals surface area contributed by atoms with E-state index in [2.05, 4.69) is 0 Å². The maximum absolute atomic E-state index is 12.5. The lowest BCUT2D eigenvalue weighted by Gasteiger charge is -2.10. The molecule has 0 heterocycles. The van der Waals surface area contributed by atoms with Gasteiger partial charge in [0.25, 0.3) is 6.43 Å². The van der Waals surface area contributed by atoms with E-state index in [1.807, 2.05) is 6.07 Å². The van der Waals surface area contributed by atoms with Gasteiger partial charge in [-0.3, -0.25) is 0 Å². The third-order valence-corrected chi connectivity index (χ3v) is 2.56. The molecule has 1 aromatic rings. The summed E-state index contributed by atoms with van der Waals surface area (Å²) in [5.41, 5.74) is 7.53. The van der Waals surface area contributed by atoms with E-state index in [-0.39, 0.29) is 11.6 Å². The summed E-state index contributed by atoms with van der Waals surface area (Å²) >= 11 is 0. The summed E-state index contributed by atoms with van der Waals surface area (Å²) in [5, 5.41) is 0. The van der Waals surface area contributed by atoms with Crippen LogP contribution in [0.15, 0.2) is 18.2 Å². The Morgan fingerprint density at radius 1 is 1.38 bits per heavy atom. The van der Waals surface area contributed by atoms with Gasteiger partial charge in [-0.05, 0) is 24.0 Å². The molecule has 0 saturated heterocycles. The van der Waals surface area contributed by atoms with Crippen LogP contribution in [0.4, 0.5) is 8.78 Å². The molecule has 0 spiro atoms. The standard InChI is InChI=1S/C10H11F2N/c11-10(12)7-3-1-2-6-4-5-8(13)9(6)7/h1-3,8,10H,4-5,13H2. The number of hydrogen-bond donors (Lipinski definition) is 1. The van der Waals surface area contributed by atoms with Gasteiger partial charge in [0.2, 0.25) is 0 Å². The van der Waals surface area contributed by atoms with Crippen molar-refractivity contribution >= 4 is 0 Å². The van der Waals surface area contributed by atoms with Crippen LogP contribution in [-0.2, 0) is 6.42 Å². The lowest BCUT2D eigenvalue weighted by molar-refractivity contribution is 0.150. The normalized spacial score (nSPS) is 20.8. The minimum absolute atomic E-state index is 0.113. The van der Waals surface area contributed by atoms with E-state index >= 15 is 0 Å². The maximum Gasteiger partial charge on any atom is 0.264 e. The first-order chi connectivity index (χ1) is 6.20. The Morgan fingerprint density at radius 2 is 2.15 bits per heavy atom. The molecule has 0 bridgehead atoms. The molecule has 1 aliphatic rings. The Bertz CT molecular complexity index is 323. The van der Waals surface area contributed by atoms with Crippen LogP contribution < -0.4 is 5.73 Å². The molecule has 2 rings (SSSR count). The average molecular weight is 183 g/mol. The van der Waals surface area contributed by atoms with Gasteiger partial charge in [-0.2, -0.15) is 0 Å². The van der Waals surface area contributed by atoms with E-state index in [1.165, 1.54) is 6.07 Å². The van der Waals surface area contributed by atoms with Crippen LogP contribution in [0.3, 0.4) is 0 Å². The van der Waals surface area contributed by atoms with Crippen LogP contribution in [0.5, 0.6) is 0 Å². The predicted molar refractivity (Wildman–Crippen MR) is 46.6 cm³/mol. The minimum Gasteiger partial charge on any atom is -0.324 e. The van der Waals surface area contributed by atoms with Crippen molar-refractivity contribution in [3.63, 3.8) is 0 Å². The summed E-state index contributed by atoms with van der Waals surface area (Å²) in [6.07, 6.45) is -0.782. The van der Waals surface area contributed by atoms with Crippen molar-refractivity contribution in [2.75, 3.05) is 0 Å². The average Bonchev–Trinajstić information content (AvgIpc) is 2.48. The van der Waals surface area contributed by atoms with Crippen molar-refractivity contribution in [3.8, 4) is 0 Å². The SMILES string of the molecule is NC1CCc2cccc(C(F)F)c21. The zero-order chi connectivity index (χ0) is 9.42. The Kier molecular flexibility index (Phi) is 2.04. The zero-order valence-corrected chi connectivity index (χ0v) is 7.13. The van der Waals surface area contributed by atoms with Crippen molar-refractivity contribution < 1.29 is 8.78 Å². The fourth-order valence-electron chi connectivity index (χ4n) is 1.95. The molecule has 13 heavy (non-hydrogen) atoms. The van der Waals surface area contributed by atoms with Gasteiger partial charge in [0.15, 0.2) is 0 Å². The van der Waals surface area contributed by atoms with Crippen LogP contribution in [0.1, 0.15) is 35.6 Å². The first kappa shape index (κ1) is 8.63. The number of nitrogens with two attached hydrogens (primary N) is 1. The smallest absolute Gasteiger partial charge is 0.264 e. The van der Waals surface area contributed by atoms with Crippen molar-refractivity contribution in [2.45, 2.75) is 25.3 Å². The predicted octanol–water partition coefficient (Wildman–Crippen LogP) is 2.57. The summed E-state index contributed by atoms with van der Waals surface area (Å²) in [7, 11) is 0. The summed E-state index contributed by atoms with van der Waals surface area (Å²) in [6.45, 7) is 0. The number of hydrogen-bond acceptors (Lipinski definition) is 1. The third kappa shape index (κ3) is 1.33. The molecule has 1 unspecified atom stereocenters. The van der Waals surface area contributed by atoms with Crippen molar-refractivity contribution in [2.24, 2.45) is 5.73 Å². The zero-order valence-electron chi connectivity index (χ0n) is 7.13. The number of fused-ring (bicyclic) bond motifs is 1. The first-order valence-corrected chi connectivity index (χ1v) is 4.35. The van der Waals surface area contributed by atoms with Gasteiger partial charge in [-0.1, -0.05) is 18.2 Å². The number of halogens is 2. The number of aryl methyl sites for hydroxylation is 1. The molecule has 1 nitrogen and oxygen atoms in total. The van der Waals surface area contributed by atoms with Gasteiger partial charge in [0.1, 0.15) is 0 Å². The molecule has 3 heteroatoms. The number of benzene rings is 1. The van der Waals surface area contributed by atoms with Crippen LogP contribution in [0.25, 0.3) is 0 Å². The molecular formula is C10H11F2N. The topological polar surface area (TPSA) is 26.0 Å². The van der Waals surface area contributed by atoms with Crippen molar-refractivity contribution in [1.29, 1.82) is 0 Å². The molecule has 0 saturated carbocycles. The fraction of sp³-hybridized carbons (Fsp3) is 0.400. The van der Waals surface area contributed by atoms with Gasteiger partial charge in [0, 0.05) is 11.6 Å². The quantitative estimate of drug-likeness (QED) is 0.711. The first-order valence-electron chi connectivity index (χ1n) is 4.35. The molecule has 0 fully saturated rings. The Hall–Kier alpha value is -0.960. The van der Waals surface area contributed by atoms with E-state index in [9.17, 15) is 8.78 Å². The van der Waals surface area contributed by atoms with Crippen molar-refractivity contribution in [3.05, 3.63) is 34.9 Å². The van der Waals surface area contributed by atoms with E-state index in [0.717, 1.165) is 18.4 Å². The van der Waals surface area contributed by atoms with E-state index < -0.39 is 6.43 Å². The number of rotatable bonds is 1. The van der Waals surface area contributed by atoms with Crippen LogP contribution in [-0.4, -0.2) is 0 Å². The summed E-state index contributed by atoms with van der Waals surface area (Å²) in [5.74, 6) is 0. The molecular weight excluding hydrogens is 172 g/mol. The van der Waals surface area contributed by atoms with E-state index in [1.54, 1.807) is 6.07 Å². The van der Waals surface area contributed by atoms with Gasteiger partial charge < -0.3 is 5.73 Å². The van der Waals surface area contributed by atoms with Crippen molar-refractivity contribution in [1.82, 2.24) is 0 Å².